The maximum atomic E-state index is 13.2. The summed E-state index contributed by atoms with van der Waals surface area (Å²) in [5.74, 6) is -2.26. The number of nitrogens with one attached hydrogen (secondary N) is 1. The summed E-state index contributed by atoms with van der Waals surface area (Å²) < 4.78 is 22.1. The highest BCUT2D eigenvalue weighted by Gasteiger charge is 2.13. The lowest BCUT2D eigenvalue weighted by atomic mass is 10.2. The summed E-state index contributed by atoms with van der Waals surface area (Å²) in [7, 11) is 2.29. The second-order valence-corrected chi connectivity index (χ2v) is 3.50. The summed E-state index contributed by atoms with van der Waals surface area (Å²) in [5.41, 5.74) is -0.143. The molecule has 0 amide bonds. The Labute approximate surface area is 114 Å². The zero-order valence-electron chi connectivity index (χ0n) is 10.8. The Kier molecular flexibility index (Phi) is 5.23. The van der Waals surface area contributed by atoms with E-state index in [2.05, 4.69) is 14.8 Å². The molecule has 7 heteroatoms. The van der Waals surface area contributed by atoms with Crippen molar-refractivity contribution in [2.24, 2.45) is 0 Å². The second kappa shape index (κ2) is 6.89. The van der Waals surface area contributed by atoms with E-state index in [1.807, 2.05) is 0 Å². The van der Waals surface area contributed by atoms with Gasteiger partial charge in [-0.2, -0.15) is 5.26 Å². The highest BCUT2D eigenvalue weighted by Crippen LogP contribution is 2.16. The molecule has 0 aliphatic rings. The molecule has 0 atom stereocenters. The van der Waals surface area contributed by atoms with Crippen molar-refractivity contribution in [3.05, 3.63) is 41.4 Å². The van der Waals surface area contributed by atoms with Crippen molar-refractivity contribution in [3.8, 4) is 6.07 Å². The topological polar surface area (TPSA) is 88.4 Å². The number of carbonyl (C=O) groups excluding carboxylic acids is 2. The average molecular weight is 278 g/mol. The molecule has 0 aliphatic carbocycles. The van der Waals surface area contributed by atoms with Crippen LogP contribution in [0.1, 0.15) is 5.56 Å². The fourth-order valence-electron chi connectivity index (χ4n) is 1.28. The molecular weight excluding hydrogens is 267 g/mol. The third-order valence-electron chi connectivity index (χ3n) is 2.23. The van der Waals surface area contributed by atoms with Gasteiger partial charge in [0.05, 0.1) is 25.9 Å². The zero-order valence-corrected chi connectivity index (χ0v) is 10.8. The number of esters is 2. The summed E-state index contributed by atoms with van der Waals surface area (Å²) in [5, 5.41) is 11.3. The predicted octanol–water partition coefficient (Wildman–Crippen LogP) is 1.34. The van der Waals surface area contributed by atoms with E-state index < -0.39 is 17.8 Å². The summed E-state index contributed by atoms with van der Waals surface area (Å²) in [6.07, 6.45) is 0.890. The number of ether oxygens (including phenoxy) is 2. The van der Waals surface area contributed by atoms with Gasteiger partial charge >= 0.3 is 11.9 Å². The van der Waals surface area contributed by atoms with Crippen LogP contribution in [-0.2, 0) is 19.1 Å². The van der Waals surface area contributed by atoms with Gasteiger partial charge < -0.3 is 14.8 Å². The lowest BCUT2D eigenvalue weighted by molar-refractivity contribution is -0.138. The molecule has 1 N–H and O–H groups in total. The molecule has 0 aliphatic heterocycles. The Morgan fingerprint density at radius 1 is 1.35 bits per heavy atom. The van der Waals surface area contributed by atoms with Crippen LogP contribution < -0.4 is 5.32 Å². The number of halogens is 1. The second-order valence-electron chi connectivity index (χ2n) is 3.50. The monoisotopic (exact) mass is 278 g/mol. The van der Waals surface area contributed by atoms with Crippen LogP contribution in [0.15, 0.2) is 30.0 Å². The first-order chi connectivity index (χ1) is 9.51. The third-order valence-corrected chi connectivity index (χ3v) is 2.23. The number of benzene rings is 1. The largest absolute Gasteiger partial charge is 0.466 e. The van der Waals surface area contributed by atoms with E-state index in [4.69, 9.17) is 5.26 Å². The standard InChI is InChI=1S/C13H11FN2O4/c1-19-12(17)6-11(13(18)20-2)16-9-3-4-10(14)8(5-9)7-15/h3-6,16H,1-2H3/b11-6+. The lowest BCUT2D eigenvalue weighted by Gasteiger charge is -2.09. The normalized spacial score (nSPS) is 10.4. The molecule has 0 fully saturated rings. The molecular formula is C13H11FN2O4. The van der Waals surface area contributed by atoms with E-state index in [1.54, 1.807) is 6.07 Å². The first-order valence-corrected chi connectivity index (χ1v) is 5.36. The van der Waals surface area contributed by atoms with E-state index in [-0.39, 0.29) is 16.9 Å². The maximum absolute atomic E-state index is 13.2. The summed E-state index contributed by atoms with van der Waals surface area (Å²) in [6, 6.07) is 5.23. The van der Waals surface area contributed by atoms with Crippen molar-refractivity contribution in [3.63, 3.8) is 0 Å². The molecule has 20 heavy (non-hydrogen) atoms. The van der Waals surface area contributed by atoms with Crippen molar-refractivity contribution >= 4 is 17.6 Å². The molecule has 0 heterocycles. The van der Waals surface area contributed by atoms with Crippen LogP contribution in [0.5, 0.6) is 0 Å². The predicted molar refractivity (Wildman–Crippen MR) is 66.9 cm³/mol. The summed E-state index contributed by atoms with van der Waals surface area (Å²) in [6.45, 7) is 0. The van der Waals surface area contributed by atoms with Gasteiger partial charge in [0.25, 0.3) is 0 Å². The smallest absolute Gasteiger partial charge is 0.354 e. The number of anilines is 1. The number of hydrogen-bond acceptors (Lipinski definition) is 6. The van der Waals surface area contributed by atoms with Gasteiger partial charge in [-0.05, 0) is 18.2 Å². The Balaban J connectivity index is 3.08. The van der Waals surface area contributed by atoms with Crippen LogP contribution in [-0.4, -0.2) is 26.2 Å². The highest BCUT2D eigenvalue weighted by atomic mass is 19.1. The molecule has 0 unspecified atom stereocenters. The van der Waals surface area contributed by atoms with Gasteiger partial charge in [0, 0.05) is 5.69 Å². The van der Waals surface area contributed by atoms with Gasteiger partial charge in [-0.1, -0.05) is 0 Å². The molecule has 0 bridgehead atoms. The Morgan fingerprint density at radius 2 is 2.05 bits per heavy atom. The van der Waals surface area contributed by atoms with Crippen molar-refractivity contribution < 1.29 is 23.5 Å². The molecule has 0 radical (unpaired) electrons. The van der Waals surface area contributed by atoms with Crippen molar-refractivity contribution in [1.29, 1.82) is 5.26 Å². The minimum Gasteiger partial charge on any atom is -0.466 e. The molecule has 6 nitrogen and oxygen atoms in total. The minimum atomic E-state index is -0.807. The first kappa shape index (κ1) is 15.2. The average Bonchev–Trinajstić information content (AvgIpc) is 2.47. The van der Waals surface area contributed by atoms with Crippen LogP contribution in [0.25, 0.3) is 0 Å². The van der Waals surface area contributed by atoms with Crippen LogP contribution in [0.3, 0.4) is 0 Å². The van der Waals surface area contributed by atoms with Crippen LogP contribution in [0, 0.1) is 17.1 Å². The third kappa shape index (κ3) is 3.81. The number of methoxy groups -OCH3 is 2. The van der Waals surface area contributed by atoms with Gasteiger partial charge in [-0.25, -0.2) is 14.0 Å². The molecule has 1 aromatic rings. The molecule has 104 valence electrons. The van der Waals surface area contributed by atoms with E-state index in [0.717, 1.165) is 26.4 Å². The molecule has 1 rings (SSSR count). The summed E-state index contributed by atoms with van der Waals surface area (Å²) >= 11 is 0. The molecule has 0 saturated carbocycles. The summed E-state index contributed by atoms with van der Waals surface area (Å²) in [4.78, 5) is 22.6. The fraction of sp³-hybridized carbons (Fsp3) is 0.154. The first-order valence-electron chi connectivity index (χ1n) is 5.36. The SMILES string of the molecule is COC(=O)/C=C(/Nc1ccc(F)c(C#N)c1)C(=O)OC. The van der Waals surface area contributed by atoms with E-state index in [0.29, 0.717) is 0 Å². The lowest BCUT2D eigenvalue weighted by Crippen LogP contribution is -2.15. The molecule has 1 aromatic carbocycles. The maximum Gasteiger partial charge on any atom is 0.354 e. The Hall–Kier alpha value is -2.88. The van der Waals surface area contributed by atoms with Gasteiger partial charge in [-0.15, -0.1) is 0 Å². The molecule has 0 spiro atoms. The molecule has 0 aromatic heterocycles. The Bertz CT molecular complexity index is 605. The van der Waals surface area contributed by atoms with Crippen LogP contribution >= 0.6 is 0 Å². The van der Waals surface area contributed by atoms with E-state index >= 15 is 0 Å². The number of nitriles is 1. The minimum absolute atomic E-state index is 0.197. The van der Waals surface area contributed by atoms with Gasteiger partial charge in [0.15, 0.2) is 0 Å². The highest BCUT2D eigenvalue weighted by molar-refractivity contribution is 5.98. The van der Waals surface area contributed by atoms with Gasteiger partial charge in [-0.3, -0.25) is 0 Å². The van der Waals surface area contributed by atoms with Gasteiger partial charge in [0.1, 0.15) is 17.6 Å². The van der Waals surface area contributed by atoms with E-state index in [9.17, 15) is 14.0 Å². The van der Waals surface area contributed by atoms with Crippen LogP contribution in [0.4, 0.5) is 10.1 Å². The van der Waals surface area contributed by atoms with Crippen LogP contribution in [0.2, 0.25) is 0 Å². The Morgan fingerprint density at radius 3 is 2.60 bits per heavy atom. The molecule has 0 saturated heterocycles. The number of nitrogens with zero attached hydrogens (tertiary/aromatic N) is 1. The zero-order chi connectivity index (χ0) is 15.1. The number of rotatable bonds is 4. The van der Waals surface area contributed by atoms with Gasteiger partial charge in [0.2, 0.25) is 0 Å². The quantitative estimate of drug-likeness (QED) is 0.660. The number of carbonyl (C=O) groups is 2. The fourth-order valence-corrected chi connectivity index (χ4v) is 1.28. The number of hydrogen-bond donors (Lipinski definition) is 1. The van der Waals surface area contributed by atoms with E-state index in [1.165, 1.54) is 12.1 Å². The van der Waals surface area contributed by atoms with Crippen molar-refractivity contribution in [2.45, 2.75) is 0 Å². The van der Waals surface area contributed by atoms with Crippen molar-refractivity contribution in [1.82, 2.24) is 0 Å². The van der Waals surface area contributed by atoms with Crippen molar-refractivity contribution in [2.75, 3.05) is 19.5 Å².